The van der Waals surface area contributed by atoms with Crippen molar-refractivity contribution in [2.75, 3.05) is 18.1 Å². The summed E-state index contributed by atoms with van der Waals surface area (Å²) in [5, 5.41) is 9.27. The molecule has 0 spiro atoms. The number of nitrogens with zero attached hydrogens (tertiary/aromatic N) is 3. The molecule has 1 atom stereocenters. The molecule has 0 bridgehead atoms. The van der Waals surface area contributed by atoms with Crippen molar-refractivity contribution in [2.45, 2.75) is 6.42 Å². The Kier molecular flexibility index (Phi) is 2.83. The quantitative estimate of drug-likeness (QED) is 0.747. The van der Waals surface area contributed by atoms with Gasteiger partial charge in [-0.05, 0) is 0 Å². The van der Waals surface area contributed by atoms with Crippen molar-refractivity contribution in [3.8, 4) is 0 Å². The summed E-state index contributed by atoms with van der Waals surface area (Å²) < 4.78 is 0. The Morgan fingerprint density at radius 1 is 1.60 bits per heavy atom. The van der Waals surface area contributed by atoms with Crippen LogP contribution in [-0.2, 0) is 4.79 Å². The molecule has 1 N–H and O–H groups in total. The van der Waals surface area contributed by atoms with E-state index in [1.807, 2.05) is 0 Å². The fourth-order valence-electron chi connectivity index (χ4n) is 1.60. The average Bonchev–Trinajstić information content (AvgIpc) is 2.60. The maximum atomic E-state index is 11.6. The van der Waals surface area contributed by atoms with Crippen molar-refractivity contribution < 1.29 is 9.90 Å². The maximum absolute atomic E-state index is 11.6. The number of aliphatic hydroxyl groups excluding tert-OH is 1. The summed E-state index contributed by atoms with van der Waals surface area (Å²) in [6, 6.07) is 1.54. The lowest BCUT2D eigenvalue weighted by Crippen LogP contribution is -2.25. The third-order valence-electron chi connectivity index (χ3n) is 2.36. The molecule has 1 fully saturated rings. The zero-order valence-electron chi connectivity index (χ0n) is 7.93. The minimum atomic E-state index is -0.0381. The summed E-state index contributed by atoms with van der Waals surface area (Å²) in [6.45, 7) is 0.504. The summed E-state index contributed by atoms with van der Waals surface area (Å²) in [4.78, 5) is 20.8. The van der Waals surface area contributed by atoms with Gasteiger partial charge in [0.2, 0.25) is 5.91 Å². The molecule has 6 heteroatoms. The van der Waals surface area contributed by atoms with Crippen LogP contribution in [0.5, 0.6) is 0 Å². The highest BCUT2D eigenvalue weighted by Gasteiger charge is 2.30. The lowest BCUT2D eigenvalue weighted by atomic mass is 10.1. The molecule has 1 aliphatic heterocycles. The van der Waals surface area contributed by atoms with Crippen LogP contribution in [0, 0.1) is 5.92 Å². The first-order valence-electron chi connectivity index (χ1n) is 4.59. The highest BCUT2D eigenvalue weighted by molar-refractivity contribution is 6.29. The van der Waals surface area contributed by atoms with Crippen LogP contribution in [0.15, 0.2) is 12.4 Å². The molecule has 15 heavy (non-hydrogen) atoms. The van der Waals surface area contributed by atoms with Crippen molar-refractivity contribution in [1.29, 1.82) is 0 Å². The first-order valence-corrected chi connectivity index (χ1v) is 4.97. The second-order valence-corrected chi connectivity index (χ2v) is 3.84. The van der Waals surface area contributed by atoms with E-state index in [0.29, 0.717) is 23.9 Å². The van der Waals surface area contributed by atoms with Gasteiger partial charge in [-0.3, -0.25) is 9.69 Å². The zero-order chi connectivity index (χ0) is 10.8. The van der Waals surface area contributed by atoms with Crippen molar-refractivity contribution in [2.24, 2.45) is 5.92 Å². The van der Waals surface area contributed by atoms with Crippen molar-refractivity contribution in [3.63, 3.8) is 0 Å². The standard InChI is InChI=1S/C9H10ClN3O2/c10-7-2-8(12-5-11-7)13-3-6(4-14)1-9(13)15/h2,5-6,14H,1,3-4H2. The molecule has 1 unspecified atom stereocenters. The van der Waals surface area contributed by atoms with E-state index in [1.54, 1.807) is 6.07 Å². The molecular formula is C9H10ClN3O2. The SMILES string of the molecule is O=C1CC(CO)CN1c1cc(Cl)ncn1. The molecule has 2 heterocycles. The molecule has 0 aliphatic carbocycles. The van der Waals surface area contributed by atoms with Gasteiger partial charge in [0, 0.05) is 31.6 Å². The van der Waals surface area contributed by atoms with Crippen LogP contribution in [0.25, 0.3) is 0 Å². The Bertz CT molecular complexity index is 385. The topological polar surface area (TPSA) is 66.3 Å². The number of aromatic nitrogens is 2. The Hall–Kier alpha value is -1.20. The maximum Gasteiger partial charge on any atom is 0.228 e. The van der Waals surface area contributed by atoms with Gasteiger partial charge in [-0.25, -0.2) is 9.97 Å². The van der Waals surface area contributed by atoms with Crippen LogP contribution in [-0.4, -0.2) is 34.1 Å². The second kappa shape index (κ2) is 4.12. The minimum Gasteiger partial charge on any atom is -0.396 e. The molecule has 1 aliphatic rings. The summed E-state index contributed by atoms with van der Waals surface area (Å²) >= 11 is 5.70. The van der Waals surface area contributed by atoms with Gasteiger partial charge in [-0.2, -0.15) is 0 Å². The zero-order valence-corrected chi connectivity index (χ0v) is 8.68. The molecule has 5 nitrogen and oxygen atoms in total. The van der Waals surface area contributed by atoms with Crippen molar-refractivity contribution >= 4 is 23.3 Å². The molecule has 1 saturated heterocycles. The third-order valence-corrected chi connectivity index (χ3v) is 2.57. The van der Waals surface area contributed by atoms with E-state index in [4.69, 9.17) is 16.7 Å². The van der Waals surface area contributed by atoms with E-state index >= 15 is 0 Å². The Morgan fingerprint density at radius 3 is 3.00 bits per heavy atom. The number of hydrogen-bond acceptors (Lipinski definition) is 4. The van der Waals surface area contributed by atoms with E-state index in [1.165, 1.54) is 11.2 Å². The van der Waals surface area contributed by atoms with Gasteiger partial charge in [-0.15, -0.1) is 0 Å². The minimum absolute atomic E-state index is 0.00811. The first-order chi connectivity index (χ1) is 7.20. The molecule has 2 rings (SSSR count). The largest absolute Gasteiger partial charge is 0.396 e. The van der Waals surface area contributed by atoms with Crippen LogP contribution in [0.3, 0.4) is 0 Å². The first kappa shape index (κ1) is 10.3. The lowest BCUT2D eigenvalue weighted by Gasteiger charge is -2.14. The van der Waals surface area contributed by atoms with Gasteiger partial charge < -0.3 is 5.11 Å². The molecule has 1 aromatic rings. The molecule has 0 radical (unpaired) electrons. The van der Waals surface area contributed by atoms with E-state index in [0.717, 1.165) is 0 Å². The molecule has 0 aromatic carbocycles. The smallest absolute Gasteiger partial charge is 0.228 e. The summed E-state index contributed by atoms with van der Waals surface area (Å²) in [5.41, 5.74) is 0. The van der Waals surface area contributed by atoms with Crippen LogP contribution in [0.2, 0.25) is 5.15 Å². The van der Waals surface area contributed by atoms with Crippen LogP contribution in [0.4, 0.5) is 5.82 Å². The summed E-state index contributed by atoms with van der Waals surface area (Å²) in [5.74, 6) is 0.450. The highest BCUT2D eigenvalue weighted by Crippen LogP contribution is 2.23. The van der Waals surface area contributed by atoms with Gasteiger partial charge in [0.15, 0.2) is 0 Å². The predicted molar refractivity (Wildman–Crippen MR) is 54.6 cm³/mol. The van der Waals surface area contributed by atoms with Gasteiger partial charge in [-0.1, -0.05) is 11.6 Å². The second-order valence-electron chi connectivity index (χ2n) is 3.46. The van der Waals surface area contributed by atoms with Crippen LogP contribution in [0.1, 0.15) is 6.42 Å². The Morgan fingerprint density at radius 2 is 2.40 bits per heavy atom. The summed E-state index contributed by atoms with van der Waals surface area (Å²) in [7, 11) is 0. The summed E-state index contributed by atoms with van der Waals surface area (Å²) in [6.07, 6.45) is 1.68. The average molecular weight is 228 g/mol. The number of carbonyl (C=O) groups is 1. The van der Waals surface area contributed by atoms with Gasteiger partial charge in [0.05, 0.1) is 0 Å². The monoisotopic (exact) mass is 227 g/mol. The number of carbonyl (C=O) groups excluding carboxylic acids is 1. The van der Waals surface area contributed by atoms with Crippen molar-refractivity contribution in [1.82, 2.24) is 9.97 Å². The Balaban J connectivity index is 2.21. The molecule has 1 amide bonds. The number of amides is 1. The molecule has 80 valence electrons. The Labute approximate surface area is 91.7 Å². The number of halogens is 1. The fourth-order valence-corrected chi connectivity index (χ4v) is 1.74. The predicted octanol–water partition coefficient (Wildman–Crippen LogP) is 0.475. The number of aliphatic hydroxyl groups is 1. The van der Waals surface area contributed by atoms with Crippen LogP contribution >= 0.6 is 11.6 Å². The number of anilines is 1. The van der Waals surface area contributed by atoms with E-state index in [-0.39, 0.29) is 18.4 Å². The van der Waals surface area contributed by atoms with Crippen molar-refractivity contribution in [3.05, 3.63) is 17.5 Å². The van der Waals surface area contributed by atoms with Gasteiger partial charge in [0.25, 0.3) is 0 Å². The van der Waals surface area contributed by atoms with Gasteiger partial charge >= 0.3 is 0 Å². The number of rotatable bonds is 2. The van der Waals surface area contributed by atoms with E-state index < -0.39 is 0 Å². The number of hydrogen-bond donors (Lipinski definition) is 1. The normalized spacial score (nSPS) is 21.1. The highest BCUT2D eigenvalue weighted by atomic mass is 35.5. The fraction of sp³-hybridized carbons (Fsp3) is 0.444. The third kappa shape index (κ3) is 2.08. The van der Waals surface area contributed by atoms with E-state index in [9.17, 15) is 4.79 Å². The van der Waals surface area contributed by atoms with Crippen LogP contribution < -0.4 is 4.90 Å². The molecule has 0 saturated carbocycles. The van der Waals surface area contributed by atoms with Gasteiger partial charge in [0.1, 0.15) is 17.3 Å². The van der Waals surface area contributed by atoms with E-state index in [2.05, 4.69) is 9.97 Å². The molecule has 1 aromatic heterocycles. The lowest BCUT2D eigenvalue weighted by molar-refractivity contribution is -0.117. The molecular weight excluding hydrogens is 218 g/mol.